The number of rotatable bonds is 5. The first-order valence-electron chi connectivity index (χ1n) is 9.88. The summed E-state index contributed by atoms with van der Waals surface area (Å²) in [5, 5.41) is 0.0357. The normalized spacial score (nSPS) is 20.8. The molecule has 3 heterocycles. The van der Waals surface area contributed by atoms with Gasteiger partial charge in [0, 0.05) is 32.3 Å². The van der Waals surface area contributed by atoms with Gasteiger partial charge in [-0.25, -0.2) is 0 Å². The van der Waals surface area contributed by atoms with Gasteiger partial charge in [0.2, 0.25) is 11.8 Å². The van der Waals surface area contributed by atoms with Crippen LogP contribution >= 0.6 is 11.8 Å². The third-order valence-electron chi connectivity index (χ3n) is 5.84. The molecule has 3 rings (SSSR count). The second kappa shape index (κ2) is 8.59. The molecule has 148 valence electrons. The Kier molecular flexibility index (Phi) is 6.40. The first-order valence-corrected chi connectivity index (χ1v) is 10.9. The zero-order chi connectivity index (χ0) is 19.4. The zero-order valence-electron chi connectivity index (χ0n) is 16.6. The number of aryl methyl sites for hydroxylation is 1. The fraction of sp³-hybridized carbons (Fsp3) is 0.700. The predicted molar refractivity (Wildman–Crippen MR) is 107 cm³/mol. The Morgan fingerprint density at radius 1 is 1.26 bits per heavy atom. The average Bonchev–Trinajstić information content (AvgIpc) is 2.67. The van der Waals surface area contributed by atoms with Crippen LogP contribution in [-0.4, -0.2) is 62.2 Å². The summed E-state index contributed by atoms with van der Waals surface area (Å²) in [4.78, 5) is 37.7. The van der Waals surface area contributed by atoms with Crippen LogP contribution in [0.5, 0.6) is 0 Å². The molecule has 6 nitrogen and oxygen atoms in total. The first kappa shape index (κ1) is 20.1. The quantitative estimate of drug-likeness (QED) is 0.773. The van der Waals surface area contributed by atoms with E-state index in [4.69, 9.17) is 0 Å². The van der Waals surface area contributed by atoms with Gasteiger partial charge < -0.3 is 9.80 Å². The molecular formula is C20H30N4O2S. The maximum Gasteiger partial charge on any atom is 0.235 e. The minimum Gasteiger partial charge on any atom is -0.342 e. The van der Waals surface area contributed by atoms with Crippen LogP contribution in [0.4, 0.5) is 0 Å². The molecule has 1 aromatic rings. The number of thioether (sulfide) groups is 1. The first-order chi connectivity index (χ1) is 12.9. The zero-order valence-corrected chi connectivity index (χ0v) is 17.4. The highest BCUT2D eigenvalue weighted by atomic mass is 32.2. The number of likely N-dealkylation sites (tertiary alicyclic amines) is 2. The molecule has 1 atom stereocenters. The number of hydrogen-bond acceptors (Lipinski definition) is 5. The average molecular weight is 391 g/mol. The van der Waals surface area contributed by atoms with E-state index in [1.54, 1.807) is 24.2 Å². The number of piperidine rings is 2. The number of amides is 2. The van der Waals surface area contributed by atoms with Crippen LogP contribution < -0.4 is 0 Å². The smallest absolute Gasteiger partial charge is 0.235 e. The van der Waals surface area contributed by atoms with Gasteiger partial charge in [0.05, 0.1) is 29.4 Å². The van der Waals surface area contributed by atoms with Crippen molar-refractivity contribution < 1.29 is 9.59 Å². The summed E-state index contributed by atoms with van der Waals surface area (Å²) < 4.78 is 0. The van der Waals surface area contributed by atoms with Crippen LogP contribution in [0.3, 0.4) is 0 Å². The lowest BCUT2D eigenvalue weighted by molar-refractivity contribution is -0.142. The number of aromatic nitrogens is 2. The van der Waals surface area contributed by atoms with Gasteiger partial charge in [-0.05, 0) is 44.3 Å². The summed E-state index contributed by atoms with van der Waals surface area (Å²) in [6.07, 6.45) is 6.99. The van der Waals surface area contributed by atoms with Gasteiger partial charge >= 0.3 is 0 Å². The molecule has 0 N–H and O–H groups in total. The molecule has 0 radical (unpaired) electrons. The van der Waals surface area contributed by atoms with E-state index >= 15 is 0 Å². The van der Waals surface area contributed by atoms with Crippen LogP contribution in [0.2, 0.25) is 0 Å². The van der Waals surface area contributed by atoms with Crippen molar-refractivity contribution in [3.63, 3.8) is 0 Å². The number of carbonyl (C=O) groups excluding carboxylic acids is 2. The fourth-order valence-corrected chi connectivity index (χ4v) is 4.92. The summed E-state index contributed by atoms with van der Waals surface area (Å²) in [6.45, 7) is 8.91. The molecule has 0 aromatic carbocycles. The molecule has 0 unspecified atom stereocenters. The lowest BCUT2D eigenvalue weighted by atomic mass is 9.72. The molecule has 0 saturated carbocycles. The van der Waals surface area contributed by atoms with Crippen LogP contribution in [-0.2, 0) is 16.1 Å². The van der Waals surface area contributed by atoms with Gasteiger partial charge in [-0.1, -0.05) is 6.92 Å². The Morgan fingerprint density at radius 2 is 2.00 bits per heavy atom. The highest BCUT2D eigenvalue weighted by Gasteiger charge is 2.42. The molecule has 7 heteroatoms. The molecule has 2 fully saturated rings. The highest BCUT2D eigenvalue weighted by molar-refractivity contribution is 8.00. The van der Waals surface area contributed by atoms with Gasteiger partial charge in [0.25, 0.3) is 0 Å². The summed E-state index contributed by atoms with van der Waals surface area (Å²) in [6, 6.07) is 0. The summed E-state index contributed by atoms with van der Waals surface area (Å²) >= 11 is 1.71. The van der Waals surface area contributed by atoms with Gasteiger partial charge in [0.1, 0.15) is 0 Å². The minimum atomic E-state index is 0.0357. The van der Waals surface area contributed by atoms with Crippen molar-refractivity contribution in [2.24, 2.45) is 5.41 Å². The van der Waals surface area contributed by atoms with E-state index in [-0.39, 0.29) is 22.5 Å². The van der Waals surface area contributed by atoms with Crippen molar-refractivity contribution in [1.82, 2.24) is 19.8 Å². The molecule has 2 amide bonds. The van der Waals surface area contributed by atoms with E-state index in [9.17, 15) is 9.59 Å². The highest BCUT2D eigenvalue weighted by Crippen LogP contribution is 2.40. The van der Waals surface area contributed by atoms with E-state index in [1.165, 1.54) is 0 Å². The van der Waals surface area contributed by atoms with Crippen molar-refractivity contribution >= 4 is 23.6 Å². The molecule has 1 spiro atoms. The Balaban J connectivity index is 1.60. The summed E-state index contributed by atoms with van der Waals surface area (Å²) in [5.74, 6) is 1.42. The van der Waals surface area contributed by atoms with Crippen molar-refractivity contribution in [2.45, 2.75) is 58.2 Å². The van der Waals surface area contributed by atoms with Crippen molar-refractivity contribution in [3.05, 3.63) is 23.8 Å². The number of nitrogens with zero attached hydrogens (tertiary/aromatic N) is 4. The Morgan fingerprint density at radius 3 is 2.63 bits per heavy atom. The van der Waals surface area contributed by atoms with Gasteiger partial charge in [-0.15, -0.1) is 11.8 Å². The second-order valence-electron chi connectivity index (χ2n) is 7.82. The fourth-order valence-electron chi connectivity index (χ4n) is 4.13. The van der Waals surface area contributed by atoms with Crippen molar-refractivity contribution in [3.8, 4) is 0 Å². The molecule has 0 bridgehead atoms. The third-order valence-corrected chi connectivity index (χ3v) is 6.87. The number of carbonyl (C=O) groups is 2. The molecule has 1 aromatic heterocycles. The van der Waals surface area contributed by atoms with Gasteiger partial charge in [0.15, 0.2) is 0 Å². The van der Waals surface area contributed by atoms with Crippen LogP contribution in [0.25, 0.3) is 0 Å². The minimum absolute atomic E-state index is 0.0357. The van der Waals surface area contributed by atoms with E-state index in [0.29, 0.717) is 13.0 Å². The Labute approximate surface area is 166 Å². The molecule has 0 aliphatic carbocycles. The van der Waals surface area contributed by atoms with E-state index in [1.807, 2.05) is 23.6 Å². The van der Waals surface area contributed by atoms with Gasteiger partial charge in [-0.3, -0.25) is 19.6 Å². The largest absolute Gasteiger partial charge is 0.342 e. The molecule has 2 saturated heterocycles. The maximum absolute atomic E-state index is 12.6. The predicted octanol–water partition coefficient (Wildman–Crippen LogP) is 2.66. The summed E-state index contributed by atoms with van der Waals surface area (Å²) in [5.41, 5.74) is 1.86. The van der Waals surface area contributed by atoms with E-state index in [2.05, 4.69) is 16.9 Å². The Hall–Kier alpha value is -1.63. The lowest BCUT2D eigenvalue weighted by Crippen LogP contribution is -2.53. The molecular weight excluding hydrogens is 360 g/mol. The monoisotopic (exact) mass is 390 g/mol. The van der Waals surface area contributed by atoms with E-state index < -0.39 is 0 Å². The van der Waals surface area contributed by atoms with Crippen molar-refractivity contribution in [2.75, 3.05) is 25.4 Å². The van der Waals surface area contributed by atoms with Crippen molar-refractivity contribution in [1.29, 1.82) is 0 Å². The van der Waals surface area contributed by atoms with Crippen LogP contribution in [0.1, 0.15) is 50.9 Å². The second-order valence-corrected chi connectivity index (χ2v) is 9.44. The van der Waals surface area contributed by atoms with Crippen LogP contribution in [0, 0.1) is 12.3 Å². The molecule has 2 aliphatic rings. The lowest BCUT2D eigenvalue weighted by Gasteiger charge is -2.47. The van der Waals surface area contributed by atoms with E-state index in [0.717, 1.165) is 56.0 Å². The number of hydrogen-bond donors (Lipinski definition) is 0. The molecule has 2 aliphatic heterocycles. The van der Waals surface area contributed by atoms with Gasteiger partial charge in [-0.2, -0.15) is 0 Å². The maximum atomic E-state index is 12.6. The van der Waals surface area contributed by atoms with Crippen LogP contribution in [0.15, 0.2) is 12.4 Å². The third kappa shape index (κ3) is 4.81. The SMILES string of the molecule is CCS[C@H](C)C(=O)N1CCC2(CCC(=O)N(Cc3cnc(C)cn3)C2)CC1. The standard InChI is InChI=1S/C20H30N4O2S/c1-4-27-16(3)19(26)23-9-7-20(8-10-23)6-5-18(25)24(14-20)13-17-12-21-15(2)11-22-17/h11-12,16H,4-10,13-14H2,1-3H3/t16-/m1/s1. The molecule has 27 heavy (non-hydrogen) atoms. The topological polar surface area (TPSA) is 66.4 Å². The Bertz CT molecular complexity index is 671. The summed E-state index contributed by atoms with van der Waals surface area (Å²) in [7, 11) is 0.